The lowest BCUT2D eigenvalue weighted by Gasteiger charge is -2.21. The Morgan fingerprint density at radius 3 is 2.67 bits per heavy atom. The molecule has 0 aliphatic carbocycles. The minimum Gasteiger partial charge on any atom is -0.360 e. The second-order valence-corrected chi connectivity index (χ2v) is 5.33. The van der Waals surface area contributed by atoms with Gasteiger partial charge in [0.25, 0.3) is 0 Å². The summed E-state index contributed by atoms with van der Waals surface area (Å²) in [6.07, 6.45) is 3.11. The van der Waals surface area contributed by atoms with E-state index in [0.717, 1.165) is 24.8 Å². The maximum absolute atomic E-state index is 4.46. The number of aromatic nitrogens is 1. The van der Waals surface area contributed by atoms with Gasteiger partial charge in [-0.3, -0.25) is 0 Å². The SMILES string of the molecule is CCNC(C)c1ccnc(N(C)CCC(C)C)c1. The van der Waals surface area contributed by atoms with Crippen LogP contribution in [0.25, 0.3) is 0 Å². The fraction of sp³-hybridized carbons (Fsp3) is 0.667. The Hall–Kier alpha value is -1.09. The number of nitrogens with one attached hydrogen (secondary N) is 1. The number of nitrogens with zero attached hydrogens (tertiary/aromatic N) is 2. The molecule has 0 aromatic carbocycles. The van der Waals surface area contributed by atoms with Crippen molar-refractivity contribution >= 4 is 5.82 Å². The molecule has 0 spiro atoms. The van der Waals surface area contributed by atoms with E-state index in [0.29, 0.717) is 6.04 Å². The molecule has 1 rings (SSSR count). The van der Waals surface area contributed by atoms with Crippen LogP contribution in [-0.2, 0) is 0 Å². The maximum Gasteiger partial charge on any atom is 0.128 e. The van der Waals surface area contributed by atoms with Crippen molar-refractivity contribution in [3.8, 4) is 0 Å². The van der Waals surface area contributed by atoms with E-state index >= 15 is 0 Å². The molecule has 0 fully saturated rings. The zero-order valence-corrected chi connectivity index (χ0v) is 12.4. The normalized spacial score (nSPS) is 12.8. The minimum absolute atomic E-state index is 0.384. The van der Waals surface area contributed by atoms with Crippen molar-refractivity contribution < 1.29 is 0 Å². The van der Waals surface area contributed by atoms with Crippen LogP contribution in [0.3, 0.4) is 0 Å². The molecule has 0 aliphatic rings. The standard InChI is InChI=1S/C15H27N3/c1-6-16-13(4)14-7-9-17-15(11-14)18(5)10-8-12(2)3/h7,9,11-13,16H,6,8,10H2,1-5H3. The average Bonchev–Trinajstić information content (AvgIpc) is 2.36. The van der Waals surface area contributed by atoms with Gasteiger partial charge in [0.15, 0.2) is 0 Å². The third-order valence-electron chi connectivity index (χ3n) is 3.21. The van der Waals surface area contributed by atoms with E-state index < -0.39 is 0 Å². The van der Waals surface area contributed by atoms with Crippen molar-refractivity contribution in [1.82, 2.24) is 10.3 Å². The Morgan fingerprint density at radius 2 is 2.06 bits per heavy atom. The first-order valence-corrected chi connectivity index (χ1v) is 6.95. The van der Waals surface area contributed by atoms with Gasteiger partial charge >= 0.3 is 0 Å². The molecule has 0 saturated heterocycles. The summed E-state index contributed by atoms with van der Waals surface area (Å²) in [7, 11) is 2.12. The summed E-state index contributed by atoms with van der Waals surface area (Å²) in [6.45, 7) is 10.9. The number of hydrogen-bond donors (Lipinski definition) is 1. The van der Waals surface area contributed by atoms with E-state index in [4.69, 9.17) is 0 Å². The highest BCUT2D eigenvalue weighted by Crippen LogP contribution is 2.17. The Labute approximate surface area is 112 Å². The van der Waals surface area contributed by atoms with Crippen molar-refractivity contribution in [3.05, 3.63) is 23.9 Å². The summed E-state index contributed by atoms with van der Waals surface area (Å²) in [5, 5.41) is 3.43. The Morgan fingerprint density at radius 1 is 1.33 bits per heavy atom. The first-order valence-electron chi connectivity index (χ1n) is 6.95. The molecular weight excluding hydrogens is 222 g/mol. The van der Waals surface area contributed by atoms with Crippen LogP contribution in [0.2, 0.25) is 0 Å². The van der Waals surface area contributed by atoms with Crippen LogP contribution in [0, 0.1) is 5.92 Å². The quantitative estimate of drug-likeness (QED) is 0.804. The molecule has 3 nitrogen and oxygen atoms in total. The number of anilines is 1. The van der Waals surface area contributed by atoms with E-state index in [1.807, 2.05) is 6.20 Å². The van der Waals surface area contributed by atoms with Crippen LogP contribution >= 0.6 is 0 Å². The predicted molar refractivity (Wildman–Crippen MR) is 79.1 cm³/mol. The summed E-state index contributed by atoms with van der Waals surface area (Å²) in [5.41, 5.74) is 1.30. The molecule has 0 amide bonds. The lowest BCUT2D eigenvalue weighted by atomic mass is 10.1. The highest BCUT2D eigenvalue weighted by molar-refractivity contribution is 5.40. The summed E-state index contributed by atoms with van der Waals surface area (Å²) in [6, 6.07) is 4.66. The third-order valence-corrected chi connectivity index (χ3v) is 3.21. The lowest BCUT2D eigenvalue weighted by molar-refractivity contribution is 0.581. The second-order valence-electron chi connectivity index (χ2n) is 5.33. The monoisotopic (exact) mass is 249 g/mol. The van der Waals surface area contributed by atoms with Crippen LogP contribution < -0.4 is 10.2 Å². The minimum atomic E-state index is 0.384. The van der Waals surface area contributed by atoms with Crippen LogP contribution in [0.15, 0.2) is 18.3 Å². The summed E-state index contributed by atoms with van der Waals surface area (Å²) in [5.74, 6) is 1.80. The van der Waals surface area contributed by atoms with E-state index in [2.05, 4.69) is 62.1 Å². The first kappa shape index (κ1) is 15.0. The van der Waals surface area contributed by atoms with Gasteiger partial charge in [0.05, 0.1) is 0 Å². The van der Waals surface area contributed by atoms with Gasteiger partial charge in [0.2, 0.25) is 0 Å². The number of pyridine rings is 1. The Kier molecular flexibility index (Phi) is 6.13. The molecule has 18 heavy (non-hydrogen) atoms. The fourth-order valence-electron chi connectivity index (χ4n) is 1.90. The average molecular weight is 249 g/mol. The zero-order valence-electron chi connectivity index (χ0n) is 12.4. The number of hydrogen-bond acceptors (Lipinski definition) is 3. The molecule has 0 aliphatic heterocycles. The largest absolute Gasteiger partial charge is 0.360 e. The molecular formula is C15H27N3. The fourth-order valence-corrected chi connectivity index (χ4v) is 1.90. The van der Waals surface area contributed by atoms with E-state index in [9.17, 15) is 0 Å². The van der Waals surface area contributed by atoms with E-state index in [-0.39, 0.29) is 0 Å². The predicted octanol–water partition coefficient (Wildman–Crippen LogP) is 3.23. The first-order chi connectivity index (χ1) is 8.54. The van der Waals surface area contributed by atoms with Gasteiger partial charge in [0, 0.05) is 25.8 Å². The lowest BCUT2D eigenvalue weighted by Crippen LogP contribution is -2.22. The summed E-state index contributed by atoms with van der Waals surface area (Å²) in [4.78, 5) is 6.70. The van der Waals surface area contributed by atoms with Gasteiger partial charge in [0.1, 0.15) is 5.82 Å². The summed E-state index contributed by atoms with van der Waals surface area (Å²) < 4.78 is 0. The second kappa shape index (κ2) is 7.37. The van der Waals surface area contributed by atoms with Crippen LogP contribution in [0.4, 0.5) is 5.82 Å². The Bertz CT molecular complexity index is 349. The molecule has 1 atom stereocenters. The molecule has 0 radical (unpaired) electrons. The number of rotatable bonds is 7. The van der Waals surface area contributed by atoms with E-state index in [1.165, 1.54) is 12.0 Å². The molecule has 1 aromatic rings. The van der Waals surface area contributed by atoms with Crippen molar-refractivity contribution in [2.75, 3.05) is 25.0 Å². The molecule has 1 unspecified atom stereocenters. The van der Waals surface area contributed by atoms with Gasteiger partial charge in [-0.2, -0.15) is 0 Å². The maximum atomic E-state index is 4.46. The molecule has 1 aromatic heterocycles. The van der Waals surface area contributed by atoms with Crippen LogP contribution in [0.5, 0.6) is 0 Å². The summed E-state index contributed by atoms with van der Waals surface area (Å²) >= 11 is 0. The molecule has 1 heterocycles. The topological polar surface area (TPSA) is 28.2 Å². The van der Waals surface area contributed by atoms with Crippen molar-refractivity contribution in [1.29, 1.82) is 0 Å². The molecule has 0 saturated carbocycles. The smallest absolute Gasteiger partial charge is 0.128 e. The van der Waals surface area contributed by atoms with Gasteiger partial charge in [-0.05, 0) is 43.5 Å². The zero-order chi connectivity index (χ0) is 13.5. The molecule has 102 valence electrons. The molecule has 3 heteroatoms. The van der Waals surface area contributed by atoms with Crippen LogP contribution in [0.1, 0.15) is 45.7 Å². The van der Waals surface area contributed by atoms with Gasteiger partial charge < -0.3 is 10.2 Å². The highest BCUT2D eigenvalue weighted by atomic mass is 15.2. The molecule has 1 N–H and O–H groups in total. The van der Waals surface area contributed by atoms with Gasteiger partial charge in [-0.1, -0.05) is 20.8 Å². The van der Waals surface area contributed by atoms with E-state index in [1.54, 1.807) is 0 Å². The van der Waals surface area contributed by atoms with Crippen molar-refractivity contribution in [2.24, 2.45) is 5.92 Å². The van der Waals surface area contributed by atoms with Gasteiger partial charge in [-0.25, -0.2) is 4.98 Å². The van der Waals surface area contributed by atoms with Gasteiger partial charge in [-0.15, -0.1) is 0 Å². The van der Waals surface area contributed by atoms with Crippen LogP contribution in [-0.4, -0.2) is 25.1 Å². The van der Waals surface area contributed by atoms with Crippen molar-refractivity contribution in [2.45, 2.75) is 40.2 Å². The Balaban J connectivity index is 2.68. The molecule has 0 bridgehead atoms. The third kappa shape index (κ3) is 4.65. The highest BCUT2D eigenvalue weighted by Gasteiger charge is 2.08. The van der Waals surface area contributed by atoms with Crippen molar-refractivity contribution in [3.63, 3.8) is 0 Å².